The van der Waals surface area contributed by atoms with Crippen LogP contribution in [-0.4, -0.2) is 76.9 Å². The predicted octanol–water partition coefficient (Wildman–Crippen LogP) is 9.22. The van der Waals surface area contributed by atoms with Crippen LogP contribution in [0.1, 0.15) is 182 Å². The zero-order valence-corrected chi connectivity index (χ0v) is 32.2. The first-order chi connectivity index (χ1) is 20.0. The summed E-state index contributed by atoms with van der Waals surface area (Å²) in [5.74, 6) is 0.411. The summed E-state index contributed by atoms with van der Waals surface area (Å²) in [4.78, 5) is 0. The number of hydrogen-bond acceptors (Lipinski definition) is 8. The maximum Gasteiger partial charge on any atom is 2.00 e. The van der Waals surface area contributed by atoms with E-state index in [2.05, 4.69) is 36.1 Å². The van der Waals surface area contributed by atoms with Crippen molar-refractivity contribution >= 4 is 58.5 Å². The molecule has 0 spiro atoms. The van der Waals surface area contributed by atoms with E-state index in [0.29, 0.717) is 0 Å². The van der Waals surface area contributed by atoms with E-state index in [1.807, 2.05) is 0 Å². The van der Waals surface area contributed by atoms with Gasteiger partial charge in [0.05, 0.1) is 13.2 Å². The molecule has 2 unspecified atom stereocenters. The molecule has 0 aromatic rings. The monoisotopic (exact) mass is 682 g/mol. The molecule has 0 radical (unpaired) electrons. The molecule has 0 aromatic carbocycles. The molecule has 0 saturated carbocycles. The van der Waals surface area contributed by atoms with E-state index < -0.39 is 20.8 Å². The minimum atomic E-state index is -4.55. The second-order valence-corrected chi connectivity index (χ2v) is 14.0. The molecule has 0 aliphatic rings. The summed E-state index contributed by atoms with van der Waals surface area (Å²) < 4.78 is 72.4. The van der Waals surface area contributed by atoms with Crippen molar-refractivity contribution in [3.8, 4) is 0 Å². The summed E-state index contributed by atoms with van der Waals surface area (Å²) in [5.41, 5.74) is 0. The van der Waals surface area contributed by atoms with Gasteiger partial charge in [0.2, 0.25) is 20.8 Å². The number of hydrogen-bond donors (Lipinski definition) is 0. The van der Waals surface area contributed by atoms with Gasteiger partial charge < -0.3 is 9.11 Å². The van der Waals surface area contributed by atoms with E-state index in [4.69, 9.17) is 0 Å². The van der Waals surface area contributed by atoms with Crippen molar-refractivity contribution in [3.63, 3.8) is 0 Å². The van der Waals surface area contributed by atoms with Crippen LogP contribution in [-0.2, 0) is 29.2 Å². The molecule has 0 rings (SSSR count). The van der Waals surface area contributed by atoms with Crippen LogP contribution >= 0.6 is 0 Å². The van der Waals surface area contributed by atoms with Crippen molar-refractivity contribution in [1.29, 1.82) is 0 Å². The van der Waals surface area contributed by atoms with Crippen LogP contribution < -0.4 is 0 Å². The van der Waals surface area contributed by atoms with Crippen molar-refractivity contribution in [2.45, 2.75) is 182 Å². The van der Waals surface area contributed by atoms with Gasteiger partial charge in [0.25, 0.3) is 0 Å². The maximum absolute atomic E-state index is 10.6. The molecule has 0 amide bonds. The van der Waals surface area contributed by atoms with Gasteiger partial charge in [-0.1, -0.05) is 156 Å². The van der Waals surface area contributed by atoms with Crippen molar-refractivity contribution in [3.05, 3.63) is 0 Å². The van der Waals surface area contributed by atoms with Crippen LogP contribution in [0.25, 0.3) is 0 Å². The van der Waals surface area contributed by atoms with Crippen LogP contribution in [0.5, 0.6) is 0 Å². The zero-order chi connectivity index (χ0) is 32.0. The Bertz CT molecular complexity index is 699. The molecule has 256 valence electrons. The molecule has 0 bridgehead atoms. The van der Waals surface area contributed by atoms with Gasteiger partial charge in [-0.3, -0.25) is 8.37 Å². The Labute approximate surface area is 297 Å². The second-order valence-electron chi connectivity index (χ2n) is 11.9. The average Bonchev–Trinajstić information content (AvgIpc) is 2.92. The Balaban J connectivity index is -0.000000727. The number of unbranched alkanes of at least 4 members (excludes halogenated alkanes) is 16. The Morgan fingerprint density at radius 1 is 0.419 bits per heavy atom. The third-order valence-corrected chi connectivity index (χ3v) is 8.61. The molecule has 0 aromatic heterocycles. The quantitative estimate of drug-likeness (QED) is 0.0317. The first-order valence-corrected chi connectivity index (χ1v) is 19.9. The van der Waals surface area contributed by atoms with Gasteiger partial charge in [-0.25, -0.2) is 16.8 Å². The van der Waals surface area contributed by atoms with E-state index in [0.717, 1.165) is 51.4 Å². The van der Waals surface area contributed by atoms with Gasteiger partial charge in [-0.05, 0) is 37.5 Å². The van der Waals surface area contributed by atoms with Gasteiger partial charge in [0, 0.05) is 0 Å². The molecule has 11 heteroatoms. The molecular weight excluding hydrogens is 617 g/mol. The van der Waals surface area contributed by atoms with Crippen LogP contribution in [0.3, 0.4) is 0 Å². The smallest absolute Gasteiger partial charge is 0.726 e. The fourth-order valence-corrected chi connectivity index (χ4v) is 5.85. The molecule has 43 heavy (non-hydrogen) atoms. The summed E-state index contributed by atoms with van der Waals surface area (Å²) >= 11 is 0. The molecule has 0 aliphatic heterocycles. The van der Waals surface area contributed by atoms with Crippen LogP contribution in [0.4, 0.5) is 0 Å². The van der Waals surface area contributed by atoms with E-state index in [-0.39, 0.29) is 62.8 Å². The predicted molar refractivity (Wildman–Crippen MR) is 178 cm³/mol. The largest absolute Gasteiger partial charge is 2.00 e. The Hall–Kier alpha value is 1.000. The van der Waals surface area contributed by atoms with Crippen molar-refractivity contribution < 1.29 is 34.3 Å². The standard InChI is InChI=1S/2C16H34O4S.Ca/c2*1-3-5-7-9-10-12-14-16(13-11-8-6-4-2)15-20-21(17,18)19;/h2*16H,3-15H2,1-2H3,(H,17,18,19);/q;;+2/p-2. The van der Waals surface area contributed by atoms with Crippen molar-refractivity contribution in [2.75, 3.05) is 13.2 Å². The molecule has 8 nitrogen and oxygen atoms in total. The maximum atomic E-state index is 10.6. The summed E-state index contributed by atoms with van der Waals surface area (Å²) in [6, 6.07) is 0. The molecule has 0 saturated heterocycles. The van der Waals surface area contributed by atoms with Crippen LogP contribution in [0, 0.1) is 11.8 Å². The normalized spacial score (nSPS) is 13.2. The van der Waals surface area contributed by atoms with Crippen molar-refractivity contribution in [2.24, 2.45) is 11.8 Å². The van der Waals surface area contributed by atoms with E-state index in [9.17, 15) is 25.9 Å². The van der Waals surface area contributed by atoms with Crippen LogP contribution in [0.2, 0.25) is 0 Å². The fraction of sp³-hybridized carbons (Fsp3) is 1.00. The van der Waals surface area contributed by atoms with Gasteiger partial charge in [-0.15, -0.1) is 0 Å². The van der Waals surface area contributed by atoms with E-state index in [1.165, 1.54) is 103 Å². The first kappa shape index (κ1) is 48.4. The summed E-state index contributed by atoms with van der Waals surface area (Å²) in [6.07, 6.45) is 27.9. The SMILES string of the molecule is CCCCCCCCC(CCCCCC)COS(=O)(=O)[O-].CCCCCCCCC(CCCCCC)COS(=O)(=O)[O-].[Ca+2]. The molecule has 2 atom stereocenters. The van der Waals surface area contributed by atoms with E-state index >= 15 is 0 Å². The van der Waals surface area contributed by atoms with Crippen LogP contribution in [0.15, 0.2) is 0 Å². The average molecular weight is 683 g/mol. The molecular formula is C32H66CaO8S2. The fourth-order valence-electron chi connectivity index (χ4n) is 5.13. The first-order valence-electron chi connectivity index (χ1n) is 17.2. The minimum absolute atomic E-state index is 0. The summed E-state index contributed by atoms with van der Waals surface area (Å²) in [5, 5.41) is 0. The number of rotatable bonds is 30. The van der Waals surface area contributed by atoms with Gasteiger partial charge in [-0.2, -0.15) is 0 Å². The Morgan fingerprint density at radius 2 is 0.628 bits per heavy atom. The minimum Gasteiger partial charge on any atom is -0.726 e. The van der Waals surface area contributed by atoms with Gasteiger partial charge in [0.15, 0.2) is 0 Å². The van der Waals surface area contributed by atoms with Crippen molar-refractivity contribution in [1.82, 2.24) is 0 Å². The third kappa shape index (κ3) is 43.0. The molecule has 0 N–H and O–H groups in total. The van der Waals surface area contributed by atoms with Gasteiger partial charge in [0.1, 0.15) is 0 Å². The van der Waals surface area contributed by atoms with Gasteiger partial charge >= 0.3 is 37.7 Å². The zero-order valence-electron chi connectivity index (χ0n) is 28.3. The Morgan fingerprint density at radius 3 is 0.860 bits per heavy atom. The third-order valence-electron chi connectivity index (χ3n) is 7.76. The Kier molecular flexibility index (Phi) is 38.6. The molecule has 0 aliphatic carbocycles. The van der Waals surface area contributed by atoms with E-state index in [1.54, 1.807) is 0 Å². The molecule has 0 fully saturated rings. The second kappa shape index (κ2) is 34.3. The summed E-state index contributed by atoms with van der Waals surface area (Å²) in [7, 11) is -9.09. The molecule has 0 heterocycles. The summed E-state index contributed by atoms with van der Waals surface area (Å²) in [6.45, 7) is 8.86. The topological polar surface area (TPSA) is 133 Å².